The second kappa shape index (κ2) is 7.22. The Morgan fingerprint density at radius 3 is 2.75 bits per heavy atom. The van der Waals surface area contributed by atoms with E-state index in [0.29, 0.717) is 18.5 Å². The number of thiazole rings is 1. The summed E-state index contributed by atoms with van der Waals surface area (Å²) in [5.74, 6) is -1.48. The van der Waals surface area contributed by atoms with Gasteiger partial charge in [-0.05, 0) is 12.8 Å². The molecule has 0 aliphatic carbocycles. The molecular formula is C11H13F3N2O3S. The number of carbonyl (C=O) groups excluding carboxylic acids is 2. The zero-order chi connectivity index (χ0) is 15.2. The Labute approximate surface area is 117 Å². The molecule has 0 bridgehead atoms. The van der Waals surface area contributed by atoms with Crippen LogP contribution in [0.1, 0.15) is 25.0 Å². The Morgan fingerprint density at radius 2 is 2.15 bits per heavy atom. The topological polar surface area (TPSA) is 68.3 Å². The molecule has 0 radical (unpaired) electrons. The number of aromatic nitrogens is 1. The average Bonchev–Trinajstić information content (AvgIpc) is 2.73. The summed E-state index contributed by atoms with van der Waals surface area (Å²) in [6, 6.07) is 0. The molecule has 1 rings (SSSR count). The molecule has 0 aliphatic rings. The van der Waals surface area contributed by atoms with Crippen LogP contribution in [-0.2, 0) is 20.7 Å². The summed E-state index contributed by atoms with van der Waals surface area (Å²) < 4.78 is 40.4. The molecule has 0 fully saturated rings. The highest BCUT2D eigenvalue weighted by molar-refractivity contribution is 7.13. The monoisotopic (exact) mass is 310 g/mol. The number of hydrogen-bond acceptors (Lipinski definition) is 5. The van der Waals surface area contributed by atoms with Crippen molar-refractivity contribution in [2.45, 2.75) is 31.9 Å². The minimum atomic E-state index is -4.54. The Bertz CT molecular complexity index is 474. The van der Waals surface area contributed by atoms with Gasteiger partial charge in [-0.3, -0.25) is 9.59 Å². The Kier molecular flexibility index (Phi) is 5.93. The summed E-state index contributed by atoms with van der Waals surface area (Å²) in [5, 5.41) is 3.83. The lowest BCUT2D eigenvalue weighted by Gasteiger charge is -2.04. The number of methoxy groups -OCH3 is 1. The first-order valence-corrected chi connectivity index (χ1v) is 6.56. The second-order valence-electron chi connectivity index (χ2n) is 3.91. The lowest BCUT2D eigenvalue weighted by Crippen LogP contribution is -2.21. The van der Waals surface area contributed by atoms with Crippen LogP contribution < -0.4 is 5.32 Å². The molecule has 0 aromatic carbocycles. The minimum Gasteiger partial charge on any atom is -0.469 e. The molecule has 1 heterocycles. The smallest absolute Gasteiger partial charge is 0.397 e. The standard InChI is InChI=1S/C11H13F3N2O3S/c1-19-9(18)4-2-3-7-6-20-10(15-7)16-8(17)5-11(12,13)14/h6H,2-5H2,1H3,(H,15,16,17). The zero-order valence-corrected chi connectivity index (χ0v) is 11.4. The molecule has 1 aromatic rings. The molecule has 0 saturated heterocycles. The summed E-state index contributed by atoms with van der Waals surface area (Å²) in [6.45, 7) is 0. The van der Waals surface area contributed by atoms with E-state index in [1.54, 1.807) is 5.38 Å². The van der Waals surface area contributed by atoms with Crippen LogP contribution in [0.25, 0.3) is 0 Å². The lowest BCUT2D eigenvalue weighted by atomic mass is 10.2. The van der Waals surface area contributed by atoms with Gasteiger partial charge in [0.25, 0.3) is 0 Å². The van der Waals surface area contributed by atoms with Gasteiger partial charge in [-0.1, -0.05) is 0 Å². The first kappa shape index (κ1) is 16.4. The number of alkyl halides is 3. The number of aryl methyl sites for hydroxylation is 1. The number of nitrogens with zero attached hydrogens (tertiary/aromatic N) is 1. The predicted molar refractivity (Wildman–Crippen MR) is 66.4 cm³/mol. The number of halogens is 3. The largest absolute Gasteiger partial charge is 0.469 e. The molecule has 112 valence electrons. The number of rotatable bonds is 6. The van der Waals surface area contributed by atoms with Crippen LogP contribution in [-0.4, -0.2) is 30.1 Å². The third-order valence-corrected chi connectivity index (χ3v) is 3.01. The number of carbonyl (C=O) groups is 2. The van der Waals surface area contributed by atoms with E-state index in [9.17, 15) is 22.8 Å². The van der Waals surface area contributed by atoms with Crippen LogP contribution in [0.3, 0.4) is 0 Å². The fraction of sp³-hybridized carbons (Fsp3) is 0.545. The maximum Gasteiger partial charge on any atom is 0.397 e. The predicted octanol–water partition coefficient (Wildman–Crippen LogP) is 2.53. The molecule has 5 nitrogen and oxygen atoms in total. The van der Waals surface area contributed by atoms with Crippen LogP contribution in [0.4, 0.5) is 18.3 Å². The molecule has 1 amide bonds. The van der Waals surface area contributed by atoms with Crippen molar-refractivity contribution in [1.82, 2.24) is 4.98 Å². The van der Waals surface area contributed by atoms with Crippen molar-refractivity contribution in [3.8, 4) is 0 Å². The molecule has 0 unspecified atom stereocenters. The van der Waals surface area contributed by atoms with E-state index in [4.69, 9.17) is 0 Å². The average molecular weight is 310 g/mol. The van der Waals surface area contributed by atoms with Crippen molar-refractivity contribution < 1.29 is 27.5 Å². The van der Waals surface area contributed by atoms with Crippen molar-refractivity contribution in [1.29, 1.82) is 0 Å². The summed E-state index contributed by atoms with van der Waals surface area (Å²) in [5.41, 5.74) is 0.612. The van der Waals surface area contributed by atoms with Crippen LogP contribution in [0, 0.1) is 0 Å². The summed E-state index contributed by atoms with van der Waals surface area (Å²) >= 11 is 1.04. The number of ether oxygens (including phenoxy) is 1. The molecule has 9 heteroatoms. The van der Waals surface area contributed by atoms with E-state index in [0.717, 1.165) is 11.3 Å². The van der Waals surface area contributed by atoms with Gasteiger partial charge in [0.15, 0.2) is 5.13 Å². The van der Waals surface area contributed by atoms with E-state index >= 15 is 0 Å². The quantitative estimate of drug-likeness (QED) is 0.820. The molecule has 0 atom stereocenters. The van der Waals surface area contributed by atoms with Gasteiger partial charge in [0.2, 0.25) is 5.91 Å². The zero-order valence-electron chi connectivity index (χ0n) is 10.6. The summed E-state index contributed by atoms with van der Waals surface area (Å²) in [7, 11) is 1.29. The van der Waals surface area contributed by atoms with Crippen molar-refractivity contribution >= 4 is 28.3 Å². The number of hydrogen-bond donors (Lipinski definition) is 1. The highest BCUT2D eigenvalue weighted by atomic mass is 32.1. The Hall–Kier alpha value is -1.64. The van der Waals surface area contributed by atoms with E-state index in [2.05, 4.69) is 15.0 Å². The molecular weight excluding hydrogens is 297 g/mol. The van der Waals surface area contributed by atoms with Crippen molar-refractivity contribution in [3.05, 3.63) is 11.1 Å². The molecule has 0 spiro atoms. The van der Waals surface area contributed by atoms with E-state index in [1.807, 2.05) is 0 Å². The number of amides is 1. The van der Waals surface area contributed by atoms with Gasteiger partial charge < -0.3 is 10.1 Å². The van der Waals surface area contributed by atoms with Crippen molar-refractivity contribution in [2.75, 3.05) is 12.4 Å². The Morgan fingerprint density at radius 1 is 1.45 bits per heavy atom. The van der Waals surface area contributed by atoms with Crippen LogP contribution in [0.15, 0.2) is 5.38 Å². The van der Waals surface area contributed by atoms with Crippen molar-refractivity contribution in [2.24, 2.45) is 0 Å². The maximum absolute atomic E-state index is 12.0. The maximum atomic E-state index is 12.0. The van der Waals surface area contributed by atoms with Gasteiger partial charge in [-0.25, -0.2) is 4.98 Å². The number of esters is 1. The normalized spacial score (nSPS) is 11.2. The van der Waals surface area contributed by atoms with Gasteiger partial charge >= 0.3 is 12.1 Å². The minimum absolute atomic E-state index is 0.118. The van der Waals surface area contributed by atoms with Gasteiger partial charge in [0, 0.05) is 11.8 Å². The number of nitrogens with one attached hydrogen (secondary N) is 1. The van der Waals surface area contributed by atoms with E-state index in [-0.39, 0.29) is 17.5 Å². The van der Waals surface area contributed by atoms with Crippen LogP contribution in [0.2, 0.25) is 0 Å². The highest BCUT2D eigenvalue weighted by Crippen LogP contribution is 2.22. The Balaban J connectivity index is 2.39. The van der Waals surface area contributed by atoms with Gasteiger partial charge in [-0.15, -0.1) is 11.3 Å². The summed E-state index contributed by atoms with van der Waals surface area (Å²) in [6.07, 6.45) is -4.83. The molecule has 0 saturated carbocycles. The first-order valence-electron chi connectivity index (χ1n) is 5.68. The van der Waals surface area contributed by atoms with Gasteiger partial charge in [0.1, 0.15) is 6.42 Å². The number of anilines is 1. The molecule has 20 heavy (non-hydrogen) atoms. The van der Waals surface area contributed by atoms with E-state index in [1.165, 1.54) is 7.11 Å². The fourth-order valence-corrected chi connectivity index (χ4v) is 2.10. The third-order valence-electron chi connectivity index (χ3n) is 2.20. The van der Waals surface area contributed by atoms with Crippen LogP contribution in [0.5, 0.6) is 0 Å². The third kappa shape index (κ3) is 6.50. The van der Waals surface area contributed by atoms with Crippen molar-refractivity contribution in [3.63, 3.8) is 0 Å². The van der Waals surface area contributed by atoms with Gasteiger partial charge in [0.05, 0.1) is 12.8 Å². The molecule has 1 aromatic heterocycles. The fourth-order valence-electron chi connectivity index (χ4n) is 1.34. The molecule has 0 aliphatic heterocycles. The second-order valence-corrected chi connectivity index (χ2v) is 4.77. The first-order chi connectivity index (χ1) is 9.30. The SMILES string of the molecule is COC(=O)CCCc1csc(NC(=O)CC(F)(F)F)n1. The van der Waals surface area contributed by atoms with Crippen LogP contribution >= 0.6 is 11.3 Å². The summed E-state index contributed by atoms with van der Waals surface area (Å²) in [4.78, 5) is 25.9. The highest BCUT2D eigenvalue weighted by Gasteiger charge is 2.31. The lowest BCUT2D eigenvalue weighted by molar-refractivity contribution is -0.150. The van der Waals surface area contributed by atoms with E-state index < -0.39 is 18.5 Å². The molecule has 1 N–H and O–H groups in total. The van der Waals surface area contributed by atoms with Gasteiger partial charge in [-0.2, -0.15) is 13.2 Å².